The second-order valence-corrected chi connectivity index (χ2v) is 7.12. The Hall–Kier alpha value is -2.21. The zero-order chi connectivity index (χ0) is 17.6. The number of carbonyl (C=O) groups excluding carboxylic acids is 1. The highest BCUT2D eigenvalue weighted by molar-refractivity contribution is 5.92. The van der Waals surface area contributed by atoms with Gasteiger partial charge in [0.25, 0.3) is 5.91 Å². The van der Waals surface area contributed by atoms with E-state index in [1.54, 1.807) is 17.0 Å². The molecule has 1 aromatic heterocycles. The molecule has 0 radical (unpaired) electrons. The van der Waals surface area contributed by atoms with Crippen LogP contribution in [-0.4, -0.2) is 33.6 Å². The number of carbonyl (C=O) groups is 1. The van der Waals surface area contributed by atoms with Crippen molar-refractivity contribution in [1.29, 1.82) is 0 Å². The summed E-state index contributed by atoms with van der Waals surface area (Å²) >= 11 is 0. The highest BCUT2D eigenvalue weighted by atomic mass is 19.1. The minimum Gasteiger partial charge on any atom is -0.459 e. The summed E-state index contributed by atoms with van der Waals surface area (Å²) < 4.78 is 32.2. The van der Waals surface area contributed by atoms with Crippen molar-refractivity contribution in [3.8, 4) is 0 Å². The van der Waals surface area contributed by atoms with E-state index >= 15 is 0 Å². The van der Waals surface area contributed by atoms with Crippen LogP contribution in [0.3, 0.4) is 0 Å². The van der Waals surface area contributed by atoms with E-state index < -0.39 is 17.2 Å². The molecule has 4 nitrogen and oxygen atoms in total. The third-order valence-corrected chi connectivity index (χ3v) is 5.35. The van der Waals surface area contributed by atoms with Gasteiger partial charge in [0.15, 0.2) is 5.76 Å². The maximum absolute atomic E-state index is 13.9. The summed E-state index contributed by atoms with van der Waals surface area (Å²) in [4.78, 5) is 14.4. The molecule has 6 heteroatoms. The number of rotatable bonds is 3. The van der Waals surface area contributed by atoms with Crippen LogP contribution in [0.25, 0.3) is 0 Å². The predicted octanol–water partition coefficient (Wildman–Crippen LogP) is 3.30. The molecule has 2 saturated heterocycles. The fraction of sp³-hybridized carbons (Fsp3) is 0.421. The normalized spacial score (nSPS) is 28.4. The van der Waals surface area contributed by atoms with Crippen molar-refractivity contribution < 1.29 is 23.1 Å². The van der Waals surface area contributed by atoms with Gasteiger partial charge in [-0.1, -0.05) is 6.07 Å². The first-order chi connectivity index (χ1) is 12.0. The minimum absolute atomic E-state index is 0.0927. The first-order valence-corrected chi connectivity index (χ1v) is 8.48. The van der Waals surface area contributed by atoms with Crippen molar-refractivity contribution in [3.05, 3.63) is 59.6 Å². The molecule has 2 aromatic rings. The summed E-state index contributed by atoms with van der Waals surface area (Å²) in [6, 6.07) is 6.54. The number of furan rings is 1. The molecule has 2 aliphatic rings. The van der Waals surface area contributed by atoms with E-state index in [4.69, 9.17) is 4.42 Å². The monoisotopic (exact) mass is 347 g/mol. The van der Waals surface area contributed by atoms with E-state index in [0.717, 1.165) is 18.9 Å². The largest absolute Gasteiger partial charge is 0.459 e. The second kappa shape index (κ2) is 5.95. The number of piperidine rings is 1. The fourth-order valence-corrected chi connectivity index (χ4v) is 4.35. The molecule has 2 aliphatic heterocycles. The van der Waals surface area contributed by atoms with Gasteiger partial charge in [-0.3, -0.25) is 4.79 Å². The number of hydrogen-bond acceptors (Lipinski definition) is 3. The molecule has 25 heavy (non-hydrogen) atoms. The van der Waals surface area contributed by atoms with Gasteiger partial charge in [0.2, 0.25) is 0 Å². The van der Waals surface area contributed by atoms with Gasteiger partial charge in [0.1, 0.15) is 11.6 Å². The first kappa shape index (κ1) is 16.3. The van der Waals surface area contributed by atoms with E-state index in [9.17, 15) is 18.7 Å². The van der Waals surface area contributed by atoms with Crippen molar-refractivity contribution >= 4 is 5.91 Å². The predicted molar refractivity (Wildman–Crippen MR) is 85.9 cm³/mol. The molecule has 0 spiro atoms. The van der Waals surface area contributed by atoms with Gasteiger partial charge in [0, 0.05) is 24.6 Å². The summed E-state index contributed by atoms with van der Waals surface area (Å²) in [7, 11) is 0. The fourth-order valence-electron chi connectivity index (χ4n) is 4.35. The van der Waals surface area contributed by atoms with Crippen LogP contribution in [-0.2, 0) is 6.42 Å². The first-order valence-electron chi connectivity index (χ1n) is 8.48. The van der Waals surface area contributed by atoms with E-state index in [-0.39, 0.29) is 24.4 Å². The zero-order valence-corrected chi connectivity index (χ0v) is 13.6. The van der Waals surface area contributed by atoms with Gasteiger partial charge in [-0.15, -0.1) is 0 Å². The molecule has 1 amide bonds. The Morgan fingerprint density at radius 3 is 2.56 bits per heavy atom. The Morgan fingerprint density at radius 1 is 1.24 bits per heavy atom. The molecule has 3 heterocycles. The van der Waals surface area contributed by atoms with E-state index in [1.807, 2.05) is 0 Å². The Balaban J connectivity index is 1.53. The lowest BCUT2D eigenvalue weighted by molar-refractivity contribution is -0.0438. The van der Waals surface area contributed by atoms with Gasteiger partial charge in [-0.2, -0.15) is 0 Å². The Labute approximate surface area is 144 Å². The number of benzene rings is 1. The summed E-state index contributed by atoms with van der Waals surface area (Å²) in [6.07, 6.45) is 3.97. The number of halogens is 2. The Bertz CT molecular complexity index is 776. The van der Waals surface area contributed by atoms with Crippen LogP contribution in [0.1, 0.15) is 41.8 Å². The SMILES string of the molecule is O=C(c1ccco1)N1[C@H]2CC[C@H]1CC(O)(Cc1ccc(F)cc1F)C2. The van der Waals surface area contributed by atoms with Gasteiger partial charge in [-0.25, -0.2) is 8.78 Å². The quantitative estimate of drug-likeness (QED) is 0.927. The Morgan fingerprint density at radius 2 is 1.96 bits per heavy atom. The lowest BCUT2D eigenvalue weighted by atomic mass is 9.81. The van der Waals surface area contributed by atoms with Crippen LogP contribution in [0.2, 0.25) is 0 Å². The van der Waals surface area contributed by atoms with Crippen molar-refractivity contribution in [2.24, 2.45) is 0 Å². The summed E-state index contributed by atoms with van der Waals surface area (Å²) in [6.45, 7) is 0. The van der Waals surface area contributed by atoms with Crippen molar-refractivity contribution in [3.63, 3.8) is 0 Å². The smallest absolute Gasteiger partial charge is 0.290 e. The van der Waals surface area contributed by atoms with Gasteiger partial charge in [-0.05, 0) is 49.4 Å². The van der Waals surface area contributed by atoms with Gasteiger partial charge >= 0.3 is 0 Å². The van der Waals surface area contributed by atoms with Crippen molar-refractivity contribution in [1.82, 2.24) is 4.90 Å². The lowest BCUT2D eigenvalue weighted by Gasteiger charge is -2.43. The molecule has 2 atom stereocenters. The number of hydrogen-bond donors (Lipinski definition) is 1. The molecule has 132 valence electrons. The highest BCUT2D eigenvalue weighted by Crippen LogP contribution is 2.43. The molecule has 2 bridgehead atoms. The molecular weight excluding hydrogens is 328 g/mol. The summed E-state index contributed by atoms with van der Waals surface area (Å²) in [5, 5.41) is 11.0. The van der Waals surface area contributed by atoms with Crippen molar-refractivity contribution in [2.45, 2.75) is 49.8 Å². The van der Waals surface area contributed by atoms with E-state index in [2.05, 4.69) is 0 Å². The van der Waals surface area contributed by atoms with Crippen LogP contribution in [0, 0.1) is 11.6 Å². The molecule has 1 N–H and O–H groups in total. The average Bonchev–Trinajstić information content (AvgIpc) is 3.17. The number of fused-ring (bicyclic) bond motifs is 2. The molecule has 0 unspecified atom stereocenters. The number of amides is 1. The molecule has 2 fully saturated rings. The highest BCUT2D eigenvalue weighted by Gasteiger charge is 2.49. The molecular formula is C19H19F2NO3. The lowest BCUT2D eigenvalue weighted by Crippen LogP contribution is -2.54. The average molecular weight is 347 g/mol. The Kier molecular flexibility index (Phi) is 3.87. The third-order valence-electron chi connectivity index (χ3n) is 5.35. The summed E-state index contributed by atoms with van der Waals surface area (Å²) in [5.74, 6) is -1.14. The standard InChI is InChI=1S/C19H19F2NO3/c20-13-4-3-12(16(21)8-13)9-19(24)10-14-5-6-15(11-19)22(14)18(23)17-2-1-7-25-17/h1-4,7-8,14-15,24H,5-6,9-11H2/t14-,15-/m0/s1. The van der Waals surface area contributed by atoms with Crippen LogP contribution in [0.15, 0.2) is 41.0 Å². The molecule has 1 aromatic carbocycles. The maximum atomic E-state index is 13.9. The maximum Gasteiger partial charge on any atom is 0.290 e. The number of aliphatic hydroxyl groups is 1. The van der Waals surface area contributed by atoms with Crippen molar-refractivity contribution in [2.75, 3.05) is 0 Å². The third kappa shape index (κ3) is 2.95. The van der Waals surface area contributed by atoms with Crippen LogP contribution in [0.4, 0.5) is 8.78 Å². The molecule has 4 rings (SSSR count). The molecule has 0 aliphatic carbocycles. The van der Waals surface area contributed by atoms with Crippen LogP contribution < -0.4 is 0 Å². The van der Waals surface area contributed by atoms with Gasteiger partial charge in [0.05, 0.1) is 11.9 Å². The van der Waals surface area contributed by atoms with E-state index in [1.165, 1.54) is 18.4 Å². The topological polar surface area (TPSA) is 53.7 Å². The second-order valence-electron chi connectivity index (χ2n) is 7.12. The molecule has 0 saturated carbocycles. The zero-order valence-electron chi connectivity index (χ0n) is 13.6. The van der Waals surface area contributed by atoms with Gasteiger partial charge < -0.3 is 14.4 Å². The van der Waals surface area contributed by atoms with Crippen LogP contribution >= 0.6 is 0 Å². The minimum atomic E-state index is -1.09. The summed E-state index contributed by atoms with van der Waals surface area (Å²) in [5.41, 5.74) is -0.793. The number of nitrogens with zero attached hydrogens (tertiary/aromatic N) is 1. The van der Waals surface area contributed by atoms with Crippen LogP contribution in [0.5, 0.6) is 0 Å². The van der Waals surface area contributed by atoms with E-state index in [0.29, 0.717) is 24.2 Å².